The second-order valence-electron chi connectivity index (χ2n) is 3.33. The Labute approximate surface area is 90.5 Å². The number of nitrogens with one attached hydrogen (secondary N) is 1. The van der Waals surface area contributed by atoms with Gasteiger partial charge >= 0.3 is 4.87 Å². The van der Waals surface area contributed by atoms with Crippen LogP contribution in [0.3, 0.4) is 0 Å². The summed E-state index contributed by atoms with van der Waals surface area (Å²) < 4.78 is 1.00. The number of halogens is 1. The van der Waals surface area contributed by atoms with Crippen LogP contribution in [0.5, 0.6) is 0 Å². The van der Waals surface area contributed by atoms with Crippen molar-refractivity contribution in [3.8, 4) is 0 Å². The standard InChI is InChI=1S/C10H10ClNOS/c1-6(11)4-7-2-3-8-9(5-7)14-10(13)12-8/h2-3,5-6H,4H2,1H3,(H,12,13). The Morgan fingerprint density at radius 2 is 2.36 bits per heavy atom. The molecule has 0 radical (unpaired) electrons. The van der Waals surface area contributed by atoms with Crippen LogP contribution in [0.1, 0.15) is 12.5 Å². The molecule has 74 valence electrons. The van der Waals surface area contributed by atoms with Gasteiger partial charge in [-0.2, -0.15) is 0 Å². The fraction of sp³-hybridized carbons (Fsp3) is 0.300. The molecule has 0 saturated carbocycles. The molecule has 14 heavy (non-hydrogen) atoms. The monoisotopic (exact) mass is 227 g/mol. The Bertz CT molecular complexity index is 500. The highest BCUT2D eigenvalue weighted by Gasteiger charge is 2.03. The zero-order valence-corrected chi connectivity index (χ0v) is 9.28. The van der Waals surface area contributed by atoms with E-state index in [1.54, 1.807) is 0 Å². The van der Waals surface area contributed by atoms with E-state index in [0.29, 0.717) is 0 Å². The second kappa shape index (κ2) is 3.75. The van der Waals surface area contributed by atoms with E-state index in [-0.39, 0.29) is 10.3 Å². The van der Waals surface area contributed by atoms with Gasteiger partial charge in [0, 0.05) is 5.38 Å². The molecule has 1 aromatic heterocycles. The van der Waals surface area contributed by atoms with E-state index in [0.717, 1.165) is 16.6 Å². The van der Waals surface area contributed by atoms with Gasteiger partial charge in [-0.1, -0.05) is 17.4 Å². The summed E-state index contributed by atoms with van der Waals surface area (Å²) in [5, 5.41) is 0.128. The third kappa shape index (κ3) is 1.99. The first-order valence-electron chi connectivity index (χ1n) is 4.41. The number of fused-ring (bicyclic) bond motifs is 1. The van der Waals surface area contributed by atoms with Gasteiger partial charge in [0.1, 0.15) is 0 Å². The lowest BCUT2D eigenvalue weighted by atomic mass is 10.1. The zero-order chi connectivity index (χ0) is 10.1. The van der Waals surface area contributed by atoms with Crippen molar-refractivity contribution in [2.75, 3.05) is 0 Å². The average molecular weight is 228 g/mol. The van der Waals surface area contributed by atoms with Crippen LogP contribution in [0.25, 0.3) is 10.2 Å². The van der Waals surface area contributed by atoms with E-state index in [4.69, 9.17) is 11.6 Å². The molecule has 0 saturated heterocycles. The lowest BCUT2D eigenvalue weighted by molar-refractivity contribution is 0.933. The van der Waals surface area contributed by atoms with Crippen molar-refractivity contribution in [1.82, 2.24) is 4.98 Å². The van der Waals surface area contributed by atoms with Gasteiger partial charge in [0.25, 0.3) is 0 Å². The van der Waals surface area contributed by atoms with E-state index in [2.05, 4.69) is 4.98 Å². The lowest BCUT2D eigenvalue weighted by Crippen LogP contribution is -1.96. The number of aromatic amines is 1. The van der Waals surface area contributed by atoms with Gasteiger partial charge in [0.05, 0.1) is 10.2 Å². The SMILES string of the molecule is CC(Cl)Cc1ccc2[nH]c(=O)sc2c1. The summed E-state index contributed by atoms with van der Waals surface area (Å²) in [6.45, 7) is 1.96. The molecule has 2 rings (SSSR count). The summed E-state index contributed by atoms with van der Waals surface area (Å²) in [7, 11) is 0. The first-order valence-corrected chi connectivity index (χ1v) is 5.66. The molecular formula is C10H10ClNOS. The van der Waals surface area contributed by atoms with E-state index in [1.165, 1.54) is 16.9 Å². The minimum Gasteiger partial charge on any atom is -0.312 e. The molecule has 1 atom stereocenters. The largest absolute Gasteiger partial charge is 0.312 e. The molecule has 1 unspecified atom stereocenters. The summed E-state index contributed by atoms with van der Waals surface area (Å²) in [5.41, 5.74) is 2.08. The summed E-state index contributed by atoms with van der Waals surface area (Å²) in [4.78, 5) is 13.8. The number of H-pyrrole nitrogens is 1. The Morgan fingerprint density at radius 1 is 1.57 bits per heavy atom. The van der Waals surface area contributed by atoms with Crippen LogP contribution in [0.15, 0.2) is 23.0 Å². The smallest absolute Gasteiger partial charge is 0.305 e. The van der Waals surface area contributed by atoms with Crippen molar-refractivity contribution in [2.45, 2.75) is 18.7 Å². The Kier molecular flexibility index (Phi) is 2.61. The molecule has 0 amide bonds. The molecule has 4 heteroatoms. The molecule has 0 aliphatic rings. The van der Waals surface area contributed by atoms with Gasteiger partial charge < -0.3 is 4.98 Å². The van der Waals surface area contributed by atoms with Crippen LogP contribution >= 0.6 is 22.9 Å². The van der Waals surface area contributed by atoms with Crippen molar-refractivity contribution in [2.24, 2.45) is 0 Å². The minimum absolute atomic E-state index is 0.00364. The van der Waals surface area contributed by atoms with Crippen LogP contribution in [-0.2, 0) is 6.42 Å². The van der Waals surface area contributed by atoms with Crippen LogP contribution in [0, 0.1) is 0 Å². The highest BCUT2D eigenvalue weighted by atomic mass is 35.5. The molecule has 1 heterocycles. The van der Waals surface area contributed by atoms with E-state index in [1.807, 2.05) is 25.1 Å². The Hall–Kier alpha value is -0.800. The maximum atomic E-state index is 11.1. The molecule has 2 nitrogen and oxygen atoms in total. The van der Waals surface area contributed by atoms with E-state index < -0.39 is 0 Å². The van der Waals surface area contributed by atoms with Gasteiger partial charge in [0.15, 0.2) is 0 Å². The lowest BCUT2D eigenvalue weighted by Gasteiger charge is -2.02. The zero-order valence-electron chi connectivity index (χ0n) is 7.71. The van der Waals surface area contributed by atoms with Crippen molar-refractivity contribution in [1.29, 1.82) is 0 Å². The number of benzene rings is 1. The van der Waals surface area contributed by atoms with Crippen LogP contribution in [0.2, 0.25) is 0 Å². The number of thiazole rings is 1. The van der Waals surface area contributed by atoms with Crippen molar-refractivity contribution in [3.05, 3.63) is 33.4 Å². The topological polar surface area (TPSA) is 32.9 Å². The van der Waals surface area contributed by atoms with Crippen molar-refractivity contribution < 1.29 is 0 Å². The van der Waals surface area contributed by atoms with Crippen LogP contribution in [-0.4, -0.2) is 10.4 Å². The molecule has 1 aromatic carbocycles. The number of hydrogen-bond donors (Lipinski definition) is 1. The van der Waals surface area contributed by atoms with E-state index in [9.17, 15) is 4.79 Å². The number of alkyl halides is 1. The third-order valence-corrected chi connectivity index (χ3v) is 3.00. The predicted molar refractivity (Wildman–Crippen MR) is 61.5 cm³/mol. The molecule has 0 fully saturated rings. The number of hydrogen-bond acceptors (Lipinski definition) is 2. The fourth-order valence-electron chi connectivity index (χ4n) is 1.44. The Balaban J connectivity index is 2.45. The molecule has 0 bridgehead atoms. The summed E-state index contributed by atoms with van der Waals surface area (Å²) in [6, 6.07) is 5.96. The molecule has 0 aliphatic carbocycles. The van der Waals surface area contributed by atoms with Gasteiger partial charge in [-0.3, -0.25) is 4.79 Å². The van der Waals surface area contributed by atoms with Gasteiger partial charge in [-0.15, -0.1) is 11.6 Å². The fourth-order valence-corrected chi connectivity index (χ4v) is 2.42. The third-order valence-electron chi connectivity index (χ3n) is 2.00. The first kappa shape index (κ1) is 9.74. The molecule has 0 spiro atoms. The minimum atomic E-state index is -0.00364. The van der Waals surface area contributed by atoms with E-state index >= 15 is 0 Å². The molecular weight excluding hydrogens is 218 g/mol. The number of aromatic nitrogens is 1. The van der Waals surface area contributed by atoms with Gasteiger partial charge in [0.2, 0.25) is 0 Å². The molecule has 0 aliphatic heterocycles. The predicted octanol–water partition coefficient (Wildman–Crippen LogP) is 2.76. The van der Waals surface area contributed by atoms with Gasteiger partial charge in [-0.05, 0) is 31.0 Å². The van der Waals surface area contributed by atoms with Crippen LogP contribution in [0.4, 0.5) is 0 Å². The number of rotatable bonds is 2. The van der Waals surface area contributed by atoms with Crippen LogP contribution < -0.4 is 4.87 Å². The highest BCUT2D eigenvalue weighted by molar-refractivity contribution is 7.16. The maximum Gasteiger partial charge on any atom is 0.305 e. The normalized spacial score (nSPS) is 13.3. The summed E-state index contributed by atoms with van der Waals surface area (Å²) in [6.07, 6.45) is 0.837. The quantitative estimate of drug-likeness (QED) is 0.787. The van der Waals surface area contributed by atoms with Gasteiger partial charge in [-0.25, -0.2) is 0 Å². The Morgan fingerprint density at radius 3 is 3.07 bits per heavy atom. The second-order valence-corrected chi connectivity index (χ2v) is 5.09. The highest BCUT2D eigenvalue weighted by Crippen LogP contribution is 2.18. The summed E-state index contributed by atoms with van der Waals surface area (Å²) in [5.74, 6) is 0. The van der Waals surface area contributed by atoms with Crippen molar-refractivity contribution >= 4 is 33.2 Å². The average Bonchev–Trinajstić information content (AvgIpc) is 2.42. The maximum absolute atomic E-state index is 11.1. The van der Waals surface area contributed by atoms with Crippen molar-refractivity contribution in [3.63, 3.8) is 0 Å². The molecule has 2 aromatic rings. The summed E-state index contributed by atoms with van der Waals surface area (Å²) >= 11 is 7.14. The first-order chi connectivity index (χ1) is 6.65. The molecule has 1 N–H and O–H groups in total.